The standard InChI is InChI=1S/C21H25.C5H5.4CH3.2ClH.2Si.Zr/c1-20(2,3)16-9-7-14-11-15-8-10-17(21(4,5)6)13-19(15)18(14)12-16;1-2-4-5-3-1;;;;;;;;;/h7,9-10,12-13H,11H2,1-6H3;1-3H,4H2;4*1H3;2*1H;;;/q6*-1;;;;;. The maximum absolute atomic E-state index is 3.53. The number of hydrogen-bond acceptors (Lipinski definition) is 0. The molecule has 0 amide bonds. The van der Waals surface area contributed by atoms with Crippen molar-refractivity contribution in [2.75, 3.05) is 0 Å². The molecule has 0 nitrogen and oxygen atoms in total. The van der Waals surface area contributed by atoms with Crippen LogP contribution in [0.15, 0.2) is 48.6 Å². The molecule has 0 aliphatic heterocycles. The van der Waals surface area contributed by atoms with E-state index in [1.165, 1.54) is 33.4 Å². The molecule has 4 rings (SSSR count). The van der Waals surface area contributed by atoms with Crippen LogP contribution < -0.4 is 0 Å². The molecule has 0 saturated carbocycles. The molecule has 5 heteroatoms. The Balaban J connectivity index is -0.000000187. The van der Waals surface area contributed by atoms with Crippen molar-refractivity contribution in [1.82, 2.24) is 0 Å². The summed E-state index contributed by atoms with van der Waals surface area (Å²) in [5.74, 6) is 0. The third-order valence-electron chi connectivity index (χ3n) is 5.11. The zero-order valence-electron chi connectivity index (χ0n) is 23.3. The van der Waals surface area contributed by atoms with Gasteiger partial charge in [0.25, 0.3) is 0 Å². The van der Waals surface area contributed by atoms with E-state index in [1.54, 1.807) is 0 Å². The topological polar surface area (TPSA) is 0 Å². The van der Waals surface area contributed by atoms with Crippen LogP contribution in [0.5, 0.6) is 0 Å². The van der Waals surface area contributed by atoms with Gasteiger partial charge in [0, 0.05) is 0 Å². The zero-order valence-corrected chi connectivity index (χ0v) is 29.4. The number of hydrogen-bond donors (Lipinski definition) is 0. The minimum atomic E-state index is -0.159. The summed E-state index contributed by atoms with van der Waals surface area (Å²) in [6.45, 7) is 20.2. The molecule has 0 N–H and O–H groups in total. The summed E-state index contributed by atoms with van der Waals surface area (Å²) in [5, 5.41) is 0. The second kappa shape index (κ2) is 19.9. The van der Waals surface area contributed by atoms with Gasteiger partial charge in [0.15, 0.2) is 0 Å². The van der Waals surface area contributed by atoms with Crippen LogP contribution in [0.4, 0.5) is 0 Å². The van der Waals surface area contributed by atoms with Crippen LogP contribution in [0, 0.1) is 41.8 Å². The van der Waals surface area contributed by atoms with Gasteiger partial charge >= 0.3 is 34.2 Å². The van der Waals surface area contributed by atoms with Crippen molar-refractivity contribution in [3.8, 4) is 11.1 Å². The van der Waals surface area contributed by atoms with Gasteiger partial charge in [-0.25, -0.2) is 12.2 Å². The fourth-order valence-electron chi connectivity index (χ4n) is 3.32. The first-order valence-corrected chi connectivity index (χ1v) is 18.4. The van der Waals surface area contributed by atoms with Gasteiger partial charge in [0.1, 0.15) is 0 Å². The van der Waals surface area contributed by atoms with E-state index in [4.69, 9.17) is 0 Å². The molecule has 0 fully saturated rings. The van der Waals surface area contributed by atoms with Crippen molar-refractivity contribution in [2.24, 2.45) is 0 Å². The SMILES string of the molecule is CC(C)(C)c1c[c-]c2c(c1)-c1cc(C(C)(C)C)ccc1C2.Cl.Cl.[C-]1=CC=CC1.[CH3-].[CH3-].[CH3-].[CH3-].[Si]=[Zr]=[Si]. The quantitative estimate of drug-likeness (QED) is 0.174. The first-order chi connectivity index (χ1) is 13.6. The summed E-state index contributed by atoms with van der Waals surface area (Å²) < 4.78 is 0. The molecular weight excluding hydrogens is 579 g/mol. The van der Waals surface area contributed by atoms with Gasteiger partial charge in [0.05, 0.1) is 0 Å². The zero-order chi connectivity index (χ0) is 21.7. The van der Waals surface area contributed by atoms with E-state index in [0.717, 1.165) is 12.8 Å². The van der Waals surface area contributed by atoms with E-state index in [0.29, 0.717) is 0 Å². The molecule has 0 aromatic heterocycles. The molecule has 0 heterocycles. The number of allylic oxidation sites excluding steroid dienone is 4. The van der Waals surface area contributed by atoms with E-state index in [2.05, 4.69) is 104 Å². The van der Waals surface area contributed by atoms with Crippen LogP contribution in [-0.2, 0) is 37.7 Å². The normalized spacial score (nSPS) is 11.1. The van der Waals surface area contributed by atoms with Crippen molar-refractivity contribution < 1.29 is 20.5 Å². The first kappa shape index (κ1) is 44.8. The first-order valence-electron chi connectivity index (χ1n) is 10.1. The molecule has 0 saturated heterocycles. The Morgan fingerprint density at radius 3 is 1.71 bits per heavy atom. The third kappa shape index (κ3) is 13.3. The number of benzene rings is 2. The number of rotatable bonds is 0. The summed E-state index contributed by atoms with van der Waals surface area (Å²) in [4.78, 5) is 0. The van der Waals surface area contributed by atoms with Gasteiger partial charge in [-0.2, -0.15) is 35.4 Å². The molecule has 4 radical (unpaired) electrons. The van der Waals surface area contributed by atoms with Crippen LogP contribution in [0.3, 0.4) is 0 Å². The summed E-state index contributed by atoms with van der Waals surface area (Å²) in [5.41, 5.74) is 8.76. The minimum absolute atomic E-state index is 0. The fourth-order valence-corrected chi connectivity index (χ4v) is 3.32. The second-order valence-corrected chi connectivity index (χ2v) is 16.0. The Labute approximate surface area is 246 Å². The second-order valence-electron chi connectivity index (χ2n) is 9.46. The summed E-state index contributed by atoms with van der Waals surface area (Å²) in [6.07, 6.45) is 11.0. The predicted octanol–water partition coefficient (Wildman–Crippen LogP) is 8.84. The van der Waals surface area contributed by atoms with Crippen molar-refractivity contribution >= 4 is 38.6 Å². The molecule has 196 valence electrons. The van der Waals surface area contributed by atoms with Gasteiger partial charge in [-0.1, -0.05) is 76.3 Å². The molecule has 0 spiro atoms. The van der Waals surface area contributed by atoms with Crippen molar-refractivity contribution in [3.05, 3.63) is 113 Å². The third-order valence-corrected chi connectivity index (χ3v) is 5.11. The van der Waals surface area contributed by atoms with Crippen LogP contribution in [0.1, 0.15) is 70.2 Å². The van der Waals surface area contributed by atoms with Gasteiger partial charge in [0.2, 0.25) is 0 Å². The summed E-state index contributed by atoms with van der Waals surface area (Å²) in [6, 6.07) is 15.1. The Morgan fingerprint density at radius 2 is 1.31 bits per heavy atom. The Morgan fingerprint density at radius 1 is 0.800 bits per heavy atom. The molecule has 2 aliphatic carbocycles. The monoisotopic (exact) mass is 620 g/mol. The molecule has 2 aromatic carbocycles. The molecule has 0 bridgehead atoms. The van der Waals surface area contributed by atoms with Gasteiger partial charge in [-0.15, -0.1) is 36.8 Å². The van der Waals surface area contributed by atoms with E-state index in [9.17, 15) is 0 Å². The van der Waals surface area contributed by atoms with Crippen LogP contribution in [-0.4, -0.2) is 13.8 Å². The summed E-state index contributed by atoms with van der Waals surface area (Å²) >= 11 is -0.159. The maximum atomic E-state index is 3.53. The Kier molecular flexibility index (Phi) is 25.4. The van der Waals surface area contributed by atoms with E-state index in [1.807, 2.05) is 12.2 Å². The van der Waals surface area contributed by atoms with Crippen molar-refractivity contribution in [1.29, 1.82) is 0 Å². The molecular formula is C30H44Cl2Si2Zr-6. The van der Waals surface area contributed by atoms with Crippen molar-refractivity contribution in [2.45, 2.75) is 65.2 Å². The van der Waals surface area contributed by atoms with Crippen LogP contribution in [0.25, 0.3) is 11.1 Å². The van der Waals surface area contributed by atoms with E-state index < -0.39 is 0 Å². The predicted molar refractivity (Wildman–Crippen MR) is 164 cm³/mol. The molecule has 0 atom stereocenters. The molecule has 35 heavy (non-hydrogen) atoms. The number of halogens is 2. The average Bonchev–Trinajstić information content (AvgIpc) is 3.31. The average molecular weight is 623 g/mol. The van der Waals surface area contributed by atoms with Crippen LogP contribution >= 0.6 is 24.8 Å². The number of fused-ring (bicyclic) bond motifs is 3. The summed E-state index contributed by atoms with van der Waals surface area (Å²) in [7, 11) is 0. The van der Waals surface area contributed by atoms with Gasteiger partial charge in [-0.3, -0.25) is 6.08 Å². The van der Waals surface area contributed by atoms with Gasteiger partial charge in [-0.05, 0) is 17.4 Å². The van der Waals surface area contributed by atoms with Crippen molar-refractivity contribution in [3.63, 3.8) is 0 Å². The Hall–Kier alpha value is -0.183. The molecule has 0 unspecified atom stereocenters. The van der Waals surface area contributed by atoms with Crippen LogP contribution in [0.2, 0.25) is 0 Å². The fraction of sp³-hybridized carbons (Fsp3) is 0.333. The molecule has 2 aliphatic rings. The Bertz CT molecular complexity index is 888. The van der Waals surface area contributed by atoms with Gasteiger partial charge < -0.3 is 29.7 Å². The molecule has 2 aromatic rings. The van der Waals surface area contributed by atoms with E-state index >= 15 is 0 Å². The van der Waals surface area contributed by atoms with E-state index in [-0.39, 0.29) is 85.8 Å².